The Morgan fingerprint density at radius 1 is 1.00 bits per heavy atom. The molecule has 0 aliphatic carbocycles. The van der Waals surface area contributed by atoms with Crippen molar-refractivity contribution in [3.63, 3.8) is 0 Å². The van der Waals surface area contributed by atoms with Gasteiger partial charge >= 0.3 is 8.09 Å². The maximum atomic E-state index is 12.9. The first-order valence-electron chi connectivity index (χ1n) is 11.8. The zero-order valence-electron chi connectivity index (χ0n) is 21.1. The minimum atomic E-state index is -4.60. The molecular formula is C29H25ClN4O4P+. The molecule has 0 bridgehead atoms. The summed E-state index contributed by atoms with van der Waals surface area (Å²) in [6.07, 6.45) is 8.80. The largest absolute Gasteiger partial charge is 0.495 e. The number of pyridine rings is 1. The van der Waals surface area contributed by atoms with E-state index in [2.05, 4.69) is 16.0 Å². The van der Waals surface area contributed by atoms with Gasteiger partial charge in [0.1, 0.15) is 0 Å². The number of terminal acetylenes is 1. The number of benzene rings is 3. The topological polar surface area (TPSA) is 113 Å². The fourth-order valence-corrected chi connectivity index (χ4v) is 5.95. The fraction of sp³-hybridized carbons (Fsp3) is 0.103. The van der Waals surface area contributed by atoms with Gasteiger partial charge in [0, 0.05) is 36.1 Å². The smallest absolute Gasteiger partial charge is 0.335 e. The van der Waals surface area contributed by atoms with Crippen molar-refractivity contribution >= 4 is 30.6 Å². The Bertz CT molecular complexity index is 1800. The van der Waals surface area contributed by atoms with E-state index in [0.29, 0.717) is 43.9 Å². The highest BCUT2D eigenvalue weighted by Gasteiger charge is 2.50. The highest BCUT2D eigenvalue weighted by Crippen LogP contribution is 2.50. The van der Waals surface area contributed by atoms with E-state index in [1.165, 1.54) is 4.57 Å². The molecule has 5 aromatic rings. The van der Waals surface area contributed by atoms with Gasteiger partial charge in [-0.1, -0.05) is 52.9 Å². The molecule has 5 rings (SSSR count). The second kappa shape index (κ2) is 10.1. The number of aryl methyl sites for hydroxylation is 2. The maximum absolute atomic E-state index is 12.9. The standard InChI is InChI=1S/C29H25ClN4O4P/c1-4-19-6-5-7-20(14-19)24-16-28(35)34(3)26-13-10-22(15-25(24)26)29(32-39(36,37)38,27-17-31-18-33(27)2)21-8-11-23(30)12-9-21/h1,5-18,32,36-38H,2-3H3/q+1/t29-/m1/s1. The van der Waals surface area contributed by atoms with Crippen molar-refractivity contribution < 1.29 is 14.7 Å². The summed E-state index contributed by atoms with van der Waals surface area (Å²) in [7, 11) is -1.15. The predicted octanol–water partition coefficient (Wildman–Crippen LogP) is 4.11. The van der Waals surface area contributed by atoms with Gasteiger partial charge in [-0.25, -0.2) is 4.98 Å². The lowest BCUT2D eigenvalue weighted by Gasteiger charge is -2.35. The van der Waals surface area contributed by atoms with E-state index in [1.807, 2.05) is 30.3 Å². The predicted molar refractivity (Wildman–Crippen MR) is 154 cm³/mol. The molecule has 8 nitrogen and oxygen atoms in total. The molecule has 39 heavy (non-hydrogen) atoms. The lowest BCUT2D eigenvalue weighted by atomic mass is 9.80. The first-order valence-corrected chi connectivity index (χ1v) is 13.9. The van der Waals surface area contributed by atoms with E-state index < -0.39 is 13.6 Å². The Morgan fingerprint density at radius 3 is 2.36 bits per heavy atom. The number of rotatable bonds is 6. The summed E-state index contributed by atoms with van der Waals surface area (Å²) in [5, 5.41) is 3.91. The molecule has 3 aromatic carbocycles. The van der Waals surface area contributed by atoms with Gasteiger partial charge in [0.05, 0.1) is 23.7 Å². The zero-order chi connectivity index (χ0) is 27.9. The lowest BCUT2D eigenvalue weighted by molar-refractivity contribution is 0.294. The number of hydrogen-bond acceptors (Lipinski definition) is 6. The normalized spacial score (nSPS) is 13.3. The molecule has 196 valence electrons. The summed E-state index contributed by atoms with van der Waals surface area (Å²) >= 11 is 6.20. The van der Waals surface area contributed by atoms with Crippen LogP contribution in [-0.4, -0.2) is 28.8 Å². The van der Waals surface area contributed by atoms with E-state index in [4.69, 9.17) is 18.0 Å². The molecule has 0 saturated heterocycles. The molecule has 0 unspecified atom stereocenters. The molecular weight excluding hydrogens is 535 g/mol. The summed E-state index contributed by atoms with van der Waals surface area (Å²) in [6.45, 7) is 0. The van der Waals surface area contributed by atoms with Gasteiger partial charge in [-0.2, -0.15) is 14.7 Å². The zero-order valence-corrected chi connectivity index (χ0v) is 22.7. The van der Waals surface area contributed by atoms with Crippen LogP contribution in [0.25, 0.3) is 22.0 Å². The maximum Gasteiger partial charge on any atom is 0.495 e. The molecule has 10 heteroatoms. The SMILES string of the molecule is C#Cc1cccc(-c2cc(=O)n(C)c3ccc([C@](N[P+](O)(O)O)(c4ccc(Cl)cc4)c4cncn4C)cc23)c1. The van der Waals surface area contributed by atoms with Crippen LogP contribution in [0, 0.1) is 12.3 Å². The van der Waals surface area contributed by atoms with E-state index in [-0.39, 0.29) is 5.56 Å². The second-order valence-corrected chi connectivity index (χ2v) is 11.0. The number of hydrogen-bond donors (Lipinski definition) is 4. The average Bonchev–Trinajstić information content (AvgIpc) is 3.35. The summed E-state index contributed by atoms with van der Waals surface area (Å²) < 4.78 is 3.26. The first kappa shape index (κ1) is 26.8. The van der Waals surface area contributed by atoms with Crippen molar-refractivity contribution in [3.05, 3.63) is 123 Å². The van der Waals surface area contributed by atoms with Crippen LogP contribution >= 0.6 is 19.7 Å². The summed E-state index contributed by atoms with van der Waals surface area (Å²) in [5.74, 6) is 2.63. The van der Waals surface area contributed by atoms with Gasteiger partial charge in [0.2, 0.25) is 0 Å². The van der Waals surface area contributed by atoms with E-state index in [1.54, 1.807) is 73.7 Å². The van der Waals surface area contributed by atoms with Gasteiger partial charge in [0.25, 0.3) is 5.56 Å². The molecule has 0 aliphatic heterocycles. The lowest BCUT2D eigenvalue weighted by Crippen LogP contribution is -2.45. The number of halogens is 1. The van der Waals surface area contributed by atoms with E-state index in [9.17, 15) is 19.5 Å². The van der Waals surface area contributed by atoms with Gasteiger partial charge in [0.15, 0.2) is 5.54 Å². The van der Waals surface area contributed by atoms with Crippen LogP contribution in [0.1, 0.15) is 22.4 Å². The molecule has 2 aromatic heterocycles. The molecule has 0 amide bonds. The third-order valence-electron chi connectivity index (χ3n) is 6.82. The van der Waals surface area contributed by atoms with Crippen molar-refractivity contribution in [2.24, 2.45) is 14.1 Å². The van der Waals surface area contributed by atoms with E-state index in [0.717, 1.165) is 5.56 Å². The van der Waals surface area contributed by atoms with Gasteiger partial charge in [-0.15, -0.1) is 6.42 Å². The van der Waals surface area contributed by atoms with Crippen LogP contribution in [0.5, 0.6) is 0 Å². The minimum Gasteiger partial charge on any atom is -0.335 e. The third-order valence-corrected chi connectivity index (χ3v) is 7.70. The van der Waals surface area contributed by atoms with Crippen molar-refractivity contribution in [1.29, 1.82) is 0 Å². The number of nitrogens with one attached hydrogen (secondary N) is 1. The second-order valence-electron chi connectivity index (χ2n) is 9.24. The van der Waals surface area contributed by atoms with Crippen molar-refractivity contribution in [1.82, 2.24) is 19.2 Å². The summed E-state index contributed by atoms with van der Waals surface area (Å²) in [4.78, 5) is 48.4. The molecule has 2 heterocycles. The fourth-order valence-electron chi connectivity index (χ4n) is 5.00. The molecule has 0 radical (unpaired) electrons. The Morgan fingerprint density at radius 2 is 1.72 bits per heavy atom. The monoisotopic (exact) mass is 559 g/mol. The molecule has 0 saturated carbocycles. The van der Waals surface area contributed by atoms with Crippen LogP contribution in [0.2, 0.25) is 5.02 Å². The minimum absolute atomic E-state index is 0.198. The number of fused-ring (bicyclic) bond motifs is 1. The quantitative estimate of drug-likeness (QED) is 0.184. The summed E-state index contributed by atoms with van der Waals surface area (Å²) in [6, 6.07) is 21.1. The highest BCUT2D eigenvalue weighted by atomic mass is 35.5. The Balaban J connectivity index is 1.90. The van der Waals surface area contributed by atoms with Gasteiger partial charge in [-0.05, 0) is 58.7 Å². The molecule has 4 N–H and O–H groups in total. The summed E-state index contributed by atoms with van der Waals surface area (Å²) in [5.41, 5.74) is 2.68. The van der Waals surface area contributed by atoms with Gasteiger partial charge < -0.3 is 9.13 Å². The molecule has 0 spiro atoms. The average molecular weight is 560 g/mol. The molecule has 0 aliphatic rings. The Kier molecular flexibility index (Phi) is 6.91. The van der Waals surface area contributed by atoms with Crippen molar-refractivity contribution in [2.75, 3.05) is 0 Å². The molecule has 1 atom stereocenters. The van der Waals surface area contributed by atoms with Gasteiger partial charge in [-0.3, -0.25) is 4.79 Å². The van der Waals surface area contributed by atoms with Crippen LogP contribution in [0.15, 0.2) is 90.1 Å². The van der Waals surface area contributed by atoms with Crippen molar-refractivity contribution in [3.8, 4) is 23.5 Å². The number of imidazole rings is 1. The van der Waals surface area contributed by atoms with Crippen molar-refractivity contribution in [2.45, 2.75) is 5.54 Å². The van der Waals surface area contributed by atoms with Crippen LogP contribution in [0.4, 0.5) is 0 Å². The van der Waals surface area contributed by atoms with Crippen LogP contribution in [-0.2, 0) is 19.6 Å². The van der Waals surface area contributed by atoms with Crippen LogP contribution < -0.4 is 10.6 Å². The number of aromatic nitrogens is 3. The molecule has 0 fully saturated rings. The van der Waals surface area contributed by atoms with Crippen LogP contribution in [0.3, 0.4) is 0 Å². The Labute approximate surface area is 230 Å². The van der Waals surface area contributed by atoms with E-state index >= 15 is 0 Å². The first-order chi connectivity index (χ1) is 18.5. The highest BCUT2D eigenvalue weighted by molar-refractivity contribution is 7.56. The number of nitrogens with zero attached hydrogens (tertiary/aromatic N) is 3. The third kappa shape index (κ3) is 4.88. The Hall–Kier alpha value is -3.80.